The molecule has 0 spiro atoms. The van der Waals surface area contributed by atoms with Crippen molar-refractivity contribution < 1.29 is 9.90 Å². The van der Waals surface area contributed by atoms with Crippen molar-refractivity contribution in [3.63, 3.8) is 0 Å². The molecule has 0 bridgehead atoms. The molecule has 9 heteroatoms. The molecule has 1 aliphatic carbocycles. The second-order valence-electron chi connectivity index (χ2n) is 8.90. The predicted molar refractivity (Wildman–Crippen MR) is 137 cm³/mol. The Bertz CT molecular complexity index is 1510. The maximum atomic E-state index is 12.7. The number of amides is 1. The van der Waals surface area contributed by atoms with Crippen molar-refractivity contribution in [3.05, 3.63) is 71.4 Å². The zero-order valence-electron chi connectivity index (χ0n) is 18.9. The molecule has 2 atom stereocenters. The summed E-state index contributed by atoms with van der Waals surface area (Å²) in [7, 11) is 0. The molecule has 1 fully saturated rings. The van der Waals surface area contributed by atoms with Crippen molar-refractivity contribution in [2.45, 2.75) is 38.0 Å². The van der Waals surface area contributed by atoms with Crippen LogP contribution in [0.15, 0.2) is 60.9 Å². The smallest absolute Gasteiger partial charge is 0.261 e. The van der Waals surface area contributed by atoms with Crippen LogP contribution in [0, 0.1) is 0 Å². The summed E-state index contributed by atoms with van der Waals surface area (Å²) in [5.41, 5.74) is 9.51. The van der Waals surface area contributed by atoms with Gasteiger partial charge in [0.25, 0.3) is 5.91 Å². The van der Waals surface area contributed by atoms with Crippen molar-refractivity contribution in [1.82, 2.24) is 25.1 Å². The first-order valence-electron chi connectivity index (χ1n) is 11.6. The van der Waals surface area contributed by atoms with Crippen LogP contribution in [0.4, 0.5) is 5.82 Å². The van der Waals surface area contributed by atoms with E-state index >= 15 is 0 Å². The fraction of sp³-hybridized carbons (Fsp3) is 0.231. The first kappa shape index (κ1) is 21.7. The fourth-order valence-electron chi connectivity index (χ4n) is 4.75. The van der Waals surface area contributed by atoms with Crippen LogP contribution < -0.4 is 11.1 Å². The number of fused-ring (bicyclic) bond motifs is 2. The van der Waals surface area contributed by atoms with Gasteiger partial charge in [-0.25, -0.2) is 14.6 Å². The molecule has 2 aromatic carbocycles. The molecule has 1 amide bonds. The van der Waals surface area contributed by atoms with Crippen LogP contribution in [0.5, 0.6) is 0 Å². The summed E-state index contributed by atoms with van der Waals surface area (Å²) in [5.74, 6) is 0.304. The highest BCUT2D eigenvalue weighted by Gasteiger charge is 2.28. The number of aliphatic hydroxyl groups is 1. The number of benzene rings is 2. The SMILES string of the molecule is Nc1ncnc2c1c(-c1ccc(CNC(=O)c3cc4ccccc4s3)cc1)nn2C1CCC(O)C1. The Labute approximate surface area is 205 Å². The van der Waals surface area contributed by atoms with E-state index in [1.807, 2.05) is 59.3 Å². The van der Waals surface area contributed by atoms with Crippen molar-refractivity contribution in [1.29, 1.82) is 0 Å². The van der Waals surface area contributed by atoms with Crippen molar-refractivity contribution in [2.75, 3.05) is 5.73 Å². The Kier molecular flexibility index (Phi) is 5.43. The van der Waals surface area contributed by atoms with E-state index in [-0.39, 0.29) is 18.1 Å². The van der Waals surface area contributed by atoms with E-state index in [1.165, 1.54) is 17.7 Å². The monoisotopic (exact) mass is 484 g/mol. The number of hydrogen-bond donors (Lipinski definition) is 3. The molecule has 0 radical (unpaired) electrons. The summed E-state index contributed by atoms with van der Waals surface area (Å²) in [4.78, 5) is 22.0. The molecule has 6 rings (SSSR count). The molecule has 0 saturated heterocycles. The molecular weight excluding hydrogens is 460 g/mol. The van der Waals surface area contributed by atoms with Gasteiger partial charge in [-0.2, -0.15) is 5.10 Å². The normalized spacial score (nSPS) is 17.9. The second-order valence-corrected chi connectivity index (χ2v) is 9.98. The summed E-state index contributed by atoms with van der Waals surface area (Å²) < 4.78 is 2.99. The molecule has 5 aromatic rings. The van der Waals surface area contributed by atoms with Gasteiger partial charge in [-0.1, -0.05) is 42.5 Å². The Morgan fingerprint density at radius 2 is 1.97 bits per heavy atom. The predicted octanol–water partition coefficient (Wildman–Crippen LogP) is 4.31. The summed E-state index contributed by atoms with van der Waals surface area (Å²) >= 11 is 1.49. The molecule has 35 heavy (non-hydrogen) atoms. The Hall–Kier alpha value is -3.82. The van der Waals surface area contributed by atoms with Crippen LogP contribution in [0.25, 0.3) is 32.4 Å². The van der Waals surface area contributed by atoms with Gasteiger partial charge in [-0.05, 0) is 42.3 Å². The van der Waals surface area contributed by atoms with Gasteiger partial charge < -0.3 is 16.2 Å². The van der Waals surface area contributed by atoms with Crippen LogP contribution in [-0.4, -0.2) is 36.9 Å². The Balaban J connectivity index is 1.23. The van der Waals surface area contributed by atoms with Crippen LogP contribution in [0.2, 0.25) is 0 Å². The van der Waals surface area contributed by atoms with E-state index in [0.717, 1.165) is 45.1 Å². The molecule has 0 aliphatic heterocycles. The third-order valence-corrected chi connectivity index (χ3v) is 7.69. The van der Waals surface area contributed by atoms with E-state index < -0.39 is 0 Å². The number of nitrogens with zero attached hydrogens (tertiary/aromatic N) is 4. The number of nitrogens with one attached hydrogen (secondary N) is 1. The Morgan fingerprint density at radius 3 is 2.74 bits per heavy atom. The number of hydrogen-bond acceptors (Lipinski definition) is 7. The lowest BCUT2D eigenvalue weighted by atomic mass is 10.1. The minimum Gasteiger partial charge on any atom is -0.393 e. The molecule has 3 heterocycles. The molecule has 3 aromatic heterocycles. The second kappa shape index (κ2) is 8.75. The molecular formula is C26H24N6O2S. The van der Waals surface area contributed by atoms with Crippen molar-refractivity contribution in [2.24, 2.45) is 0 Å². The number of carbonyl (C=O) groups excluding carboxylic acids is 1. The van der Waals surface area contributed by atoms with Gasteiger partial charge in [0, 0.05) is 16.8 Å². The first-order valence-corrected chi connectivity index (χ1v) is 12.4. The number of aliphatic hydroxyl groups excluding tert-OH is 1. The highest BCUT2D eigenvalue weighted by Crippen LogP contribution is 2.36. The van der Waals surface area contributed by atoms with Crippen LogP contribution in [0.3, 0.4) is 0 Å². The van der Waals surface area contributed by atoms with Gasteiger partial charge in [0.15, 0.2) is 5.65 Å². The maximum Gasteiger partial charge on any atom is 0.261 e. The van der Waals surface area contributed by atoms with E-state index in [2.05, 4.69) is 15.3 Å². The fourth-order valence-corrected chi connectivity index (χ4v) is 5.73. The number of nitrogen functional groups attached to an aromatic ring is 1. The lowest BCUT2D eigenvalue weighted by Gasteiger charge is -2.10. The highest BCUT2D eigenvalue weighted by atomic mass is 32.1. The minimum atomic E-state index is -0.316. The third-order valence-electron chi connectivity index (χ3n) is 6.57. The lowest BCUT2D eigenvalue weighted by molar-refractivity contribution is 0.0955. The molecule has 2 unspecified atom stereocenters. The number of anilines is 1. The topological polar surface area (TPSA) is 119 Å². The van der Waals surface area contributed by atoms with Gasteiger partial charge >= 0.3 is 0 Å². The summed E-state index contributed by atoms with van der Waals surface area (Å²) in [6.07, 6.45) is 3.39. The molecule has 4 N–H and O–H groups in total. The minimum absolute atomic E-state index is 0.0799. The van der Waals surface area contributed by atoms with E-state index in [4.69, 9.17) is 10.8 Å². The summed E-state index contributed by atoms with van der Waals surface area (Å²) in [5, 5.41) is 19.7. The first-order chi connectivity index (χ1) is 17.1. The van der Waals surface area contributed by atoms with E-state index in [0.29, 0.717) is 29.3 Å². The average Bonchev–Trinajstić information content (AvgIpc) is 3.59. The maximum absolute atomic E-state index is 12.7. The number of thiophene rings is 1. The van der Waals surface area contributed by atoms with Crippen molar-refractivity contribution in [3.8, 4) is 11.3 Å². The van der Waals surface area contributed by atoms with Gasteiger partial charge in [-0.15, -0.1) is 11.3 Å². The van der Waals surface area contributed by atoms with Crippen molar-refractivity contribution >= 4 is 44.2 Å². The zero-order chi connectivity index (χ0) is 23.9. The van der Waals surface area contributed by atoms with Crippen LogP contribution >= 0.6 is 11.3 Å². The zero-order valence-corrected chi connectivity index (χ0v) is 19.7. The number of aromatic nitrogens is 4. The average molecular weight is 485 g/mol. The lowest BCUT2D eigenvalue weighted by Crippen LogP contribution is -2.21. The number of nitrogens with two attached hydrogens (primary N) is 1. The standard InChI is InChI=1S/C26H24N6O2S/c27-24-22-23(31-32(25(22)30-14-29-24)18-9-10-19(33)12-18)16-7-5-15(6-8-16)13-28-26(34)21-11-17-3-1-2-4-20(17)35-21/h1-8,11,14,18-19,33H,9-10,12-13H2,(H,28,34)(H2,27,29,30). The molecule has 1 saturated carbocycles. The van der Waals surface area contributed by atoms with Gasteiger partial charge in [-0.3, -0.25) is 4.79 Å². The molecule has 8 nitrogen and oxygen atoms in total. The molecule has 176 valence electrons. The highest BCUT2D eigenvalue weighted by molar-refractivity contribution is 7.20. The van der Waals surface area contributed by atoms with Crippen LogP contribution in [-0.2, 0) is 6.54 Å². The largest absolute Gasteiger partial charge is 0.393 e. The molecule has 1 aliphatic rings. The summed E-state index contributed by atoms with van der Waals surface area (Å²) in [6.45, 7) is 0.424. The van der Waals surface area contributed by atoms with Gasteiger partial charge in [0.2, 0.25) is 0 Å². The van der Waals surface area contributed by atoms with Gasteiger partial charge in [0.05, 0.1) is 22.4 Å². The quantitative estimate of drug-likeness (QED) is 0.342. The van der Waals surface area contributed by atoms with Crippen LogP contribution in [0.1, 0.15) is 40.5 Å². The number of rotatable bonds is 5. The Morgan fingerprint density at radius 1 is 1.14 bits per heavy atom. The number of carbonyl (C=O) groups is 1. The van der Waals surface area contributed by atoms with E-state index in [9.17, 15) is 9.90 Å². The summed E-state index contributed by atoms with van der Waals surface area (Å²) in [6, 6.07) is 17.9. The third kappa shape index (κ3) is 4.02. The van der Waals surface area contributed by atoms with Gasteiger partial charge in [0.1, 0.15) is 17.8 Å². The van der Waals surface area contributed by atoms with E-state index in [1.54, 1.807) is 0 Å².